The van der Waals surface area contributed by atoms with E-state index in [-0.39, 0.29) is 11.6 Å². The average molecular weight is 391 g/mol. The topological polar surface area (TPSA) is 88.7 Å². The van der Waals surface area contributed by atoms with E-state index in [9.17, 15) is 9.90 Å². The minimum Gasteiger partial charge on any atom is -0.497 e. The van der Waals surface area contributed by atoms with E-state index >= 15 is 0 Å². The second-order valence-corrected chi connectivity index (χ2v) is 7.12. The molecule has 7 nitrogen and oxygen atoms in total. The molecule has 0 saturated carbocycles. The Morgan fingerprint density at radius 3 is 2.59 bits per heavy atom. The van der Waals surface area contributed by atoms with Crippen LogP contribution in [0.25, 0.3) is 33.5 Å². The highest BCUT2D eigenvalue weighted by molar-refractivity contribution is 5.94. The third-order valence-corrected chi connectivity index (χ3v) is 4.96. The van der Waals surface area contributed by atoms with Gasteiger partial charge in [0.1, 0.15) is 17.0 Å². The maximum Gasteiger partial charge on any atom is 0.335 e. The molecule has 7 heteroatoms. The molecule has 0 aliphatic rings. The molecule has 0 radical (unpaired) electrons. The van der Waals surface area contributed by atoms with Gasteiger partial charge in [0.25, 0.3) is 0 Å². The van der Waals surface area contributed by atoms with E-state index in [1.54, 1.807) is 13.2 Å². The first-order valence-electron chi connectivity index (χ1n) is 9.23. The molecule has 148 valence electrons. The highest BCUT2D eigenvalue weighted by Crippen LogP contribution is 2.35. The molecule has 2 aromatic carbocycles. The second-order valence-electron chi connectivity index (χ2n) is 7.12. The molecule has 0 unspecified atom stereocenters. The van der Waals surface area contributed by atoms with Crippen molar-refractivity contribution in [2.24, 2.45) is 0 Å². The van der Waals surface area contributed by atoms with Gasteiger partial charge in [-0.05, 0) is 56.3 Å². The predicted molar refractivity (Wildman–Crippen MR) is 112 cm³/mol. The third-order valence-electron chi connectivity index (χ3n) is 4.96. The lowest BCUT2D eigenvalue weighted by Crippen LogP contribution is -2.27. The van der Waals surface area contributed by atoms with Gasteiger partial charge in [-0.25, -0.2) is 14.8 Å². The maximum atomic E-state index is 11.3. The number of hydrogen-bond donors (Lipinski definition) is 1. The summed E-state index contributed by atoms with van der Waals surface area (Å²) in [6.07, 6.45) is 0. The Morgan fingerprint density at radius 1 is 1.10 bits per heavy atom. The summed E-state index contributed by atoms with van der Waals surface area (Å²) in [7, 11) is 3.55. The lowest BCUT2D eigenvalue weighted by Gasteiger charge is -2.24. The lowest BCUT2D eigenvalue weighted by atomic mass is 10.1. The van der Waals surface area contributed by atoms with Crippen molar-refractivity contribution in [3.8, 4) is 17.2 Å². The van der Waals surface area contributed by atoms with Crippen LogP contribution < -0.4 is 9.64 Å². The zero-order chi connectivity index (χ0) is 20.7. The van der Waals surface area contributed by atoms with Crippen molar-refractivity contribution in [3.05, 3.63) is 48.0 Å². The predicted octanol–water partition coefficient (Wildman–Crippen LogP) is 4.59. The zero-order valence-corrected chi connectivity index (χ0v) is 16.6. The van der Waals surface area contributed by atoms with E-state index in [0.717, 1.165) is 16.7 Å². The summed E-state index contributed by atoms with van der Waals surface area (Å²) in [5.74, 6) is 0.964. The number of carboxylic acid groups (broad SMARTS) is 1. The highest BCUT2D eigenvalue weighted by Gasteiger charge is 2.20. The first-order valence-corrected chi connectivity index (χ1v) is 9.23. The minimum absolute atomic E-state index is 0.160. The van der Waals surface area contributed by atoms with Crippen molar-refractivity contribution >= 4 is 33.8 Å². The van der Waals surface area contributed by atoms with Crippen LogP contribution in [0, 0.1) is 0 Å². The Morgan fingerprint density at radius 2 is 1.90 bits per heavy atom. The fourth-order valence-corrected chi connectivity index (χ4v) is 3.10. The normalized spacial score (nSPS) is 11.3. The summed E-state index contributed by atoms with van der Waals surface area (Å²) in [5, 5.41) is 10.2. The molecule has 0 aliphatic heterocycles. The van der Waals surface area contributed by atoms with Crippen molar-refractivity contribution in [1.82, 2.24) is 9.97 Å². The molecule has 0 saturated heterocycles. The molecular weight excluding hydrogens is 370 g/mol. The van der Waals surface area contributed by atoms with Gasteiger partial charge in [-0.1, -0.05) is 0 Å². The van der Waals surface area contributed by atoms with Gasteiger partial charge in [-0.2, -0.15) is 0 Å². The van der Waals surface area contributed by atoms with Gasteiger partial charge in [0.15, 0.2) is 11.6 Å². The van der Waals surface area contributed by atoms with Crippen LogP contribution in [0.5, 0.6) is 5.75 Å². The van der Waals surface area contributed by atoms with Gasteiger partial charge >= 0.3 is 5.97 Å². The van der Waals surface area contributed by atoms with Gasteiger partial charge in [0.2, 0.25) is 0 Å². The van der Waals surface area contributed by atoms with Gasteiger partial charge in [-0.3, -0.25) is 0 Å². The van der Waals surface area contributed by atoms with E-state index in [1.165, 1.54) is 12.1 Å². The Hall–Kier alpha value is -3.61. The van der Waals surface area contributed by atoms with Gasteiger partial charge in [0, 0.05) is 18.5 Å². The summed E-state index contributed by atoms with van der Waals surface area (Å²) in [5.41, 5.74) is 2.63. The van der Waals surface area contributed by atoms with Crippen LogP contribution >= 0.6 is 0 Å². The Balaban J connectivity index is 1.95. The first kappa shape index (κ1) is 18.7. The Kier molecular flexibility index (Phi) is 4.58. The summed E-state index contributed by atoms with van der Waals surface area (Å²) >= 11 is 0. The van der Waals surface area contributed by atoms with Crippen LogP contribution in [0.4, 0.5) is 5.82 Å². The smallest absolute Gasteiger partial charge is 0.335 e. The summed E-state index contributed by atoms with van der Waals surface area (Å²) in [4.78, 5) is 22.8. The molecule has 4 aromatic rings. The quantitative estimate of drug-likeness (QED) is 0.532. The Bertz CT molecular complexity index is 1230. The largest absolute Gasteiger partial charge is 0.497 e. The molecule has 0 aliphatic carbocycles. The van der Waals surface area contributed by atoms with Gasteiger partial charge in [-0.15, -0.1) is 0 Å². The average Bonchev–Trinajstić information content (AvgIpc) is 3.14. The molecule has 2 heterocycles. The number of methoxy groups -OCH3 is 1. The van der Waals surface area contributed by atoms with Crippen molar-refractivity contribution in [1.29, 1.82) is 0 Å². The molecule has 0 bridgehead atoms. The number of aromatic carboxylic acids is 1. The fourth-order valence-electron chi connectivity index (χ4n) is 3.10. The third kappa shape index (κ3) is 3.35. The molecule has 29 heavy (non-hydrogen) atoms. The molecule has 2 aromatic heterocycles. The van der Waals surface area contributed by atoms with Crippen LogP contribution in [-0.4, -0.2) is 41.2 Å². The fraction of sp³-hybridized carbons (Fsp3) is 0.227. The van der Waals surface area contributed by atoms with E-state index in [4.69, 9.17) is 19.1 Å². The standard InChI is InChI=1S/C22H21N3O4/c1-12(2)25(3)21-20(19-11-14-9-15(28-4)6-8-18(14)29-19)23-16-7-5-13(22(26)27)10-17(16)24-21/h5-12H,1-4H3,(H,26,27). The Labute approximate surface area is 167 Å². The number of carbonyl (C=O) groups is 1. The van der Waals surface area contributed by atoms with Crippen molar-refractivity contribution in [2.45, 2.75) is 19.9 Å². The van der Waals surface area contributed by atoms with Gasteiger partial charge in [0.05, 0.1) is 23.7 Å². The van der Waals surface area contributed by atoms with Crippen LogP contribution in [0.2, 0.25) is 0 Å². The number of aromatic nitrogens is 2. The SMILES string of the molecule is COc1ccc2oc(-c3nc4ccc(C(=O)O)cc4nc3N(C)C(C)C)cc2c1. The number of benzene rings is 2. The number of hydrogen-bond acceptors (Lipinski definition) is 6. The number of furan rings is 1. The van der Waals surface area contributed by atoms with Crippen molar-refractivity contribution < 1.29 is 19.1 Å². The number of anilines is 1. The maximum absolute atomic E-state index is 11.3. The van der Waals surface area contributed by atoms with E-state index in [2.05, 4.69) is 0 Å². The number of rotatable bonds is 5. The van der Waals surface area contributed by atoms with E-state index in [1.807, 2.05) is 50.1 Å². The highest BCUT2D eigenvalue weighted by atomic mass is 16.5. The van der Waals surface area contributed by atoms with Crippen LogP contribution in [0.3, 0.4) is 0 Å². The van der Waals surface area contributed by atoms with Crippen molar-refractivity contribution in [3.63, 3.8) is 0 Å². The summed E-state index contributed by atoms with van der Waals surface area (Å²) in [6, 6.07) is 12.4. The van der Waals surface area contributed by atoms with E-state index in [0.29, 0.717) is 28.3 Å². The number of ether oxygens (including phenoxy) is 1. The second kappa shape index (κ2) is 7.09. The number of fused-ring (bicyclic) bond motifs is 2. The number of carboxylic acids is 1. The summed E-state index contributed by atoms with van der Waals surface area (Å²) < 4.78 is 11.3. The zero-order valence-electron chi connectivity index (χ0n) is 16.6. The van der Waals surface area contributed by atoms with E-state index < -0.39 is 5.97 Å². The molecule has 1 N–H and O–H groups in total. The number of nitrogens with zero attached hydrogens (tertiary/aromatic N) is 3. The lowest BCUT2D eigenvalue weighted by molar-refractivity contribution is 0.0697. The van der Waals surface area contributed by atoms with Crippen molar-refractivity contribution in [2.75, 3.05) is 19.1 Å². The molecule has 0 atom stereocenters. The monoisotopic (exact) mass is 391 g/mol. The minimum atomic E-state index is -0.997. The van der Waals surface area contributed by atoms with Crippen LogP contribution in [-0.2, 0) is 0 Å². The molecule has 4 rings (SSSR count). The molecule has 0 fully saturated rings. The molecule has 0 spiro atoms. The van der Waals surface area contributed by atoms with Crippen LogP contribution in [0.15, 0.2) is 46.9 Å². The van der Waals surface area contributed by atoms with Gasteiger partial charge < -0.3 is 19.2 Å². The molecular formula is C22H21N3O4. The summed E-state index contributed by atoms with van der Waals surface area (Å²) in [6.45, 7) is 4.10. The van der Waals surface area contributed by atoms with Crippen LogP contribution in [0.1, 0.15) is 24.2 Å². The first-order chi connectivity index (χ1) is 13.9. The molecule has 0 amide bonds.